The minimum Gasteiger partial charge on any atom is -0.467 e. The second-order valence-corrected chi connectivity index (χ2v) is 5.16. The highest BCUT2D eigenvalue weighted by Gasteiger charge is 2.17. The third kappa shape index (κ3) is 4.29. The summed E-state index contributed by atoms with van der Waals surface area (Å²) < 4.78 is 15.1. The number of nitrogens with one attached hydrogen (secondary N) is 1. The summed E-state index contributed by atoms with van der Waals surface area (Å²) in [7, 11) is 1.47. The molecule has 2 aromatic rings. The lowest BCUT2D eigenvalue weighted by Crippen LogP contribution is -2.37. The Morgan fingerprint density at radius 1 is 1.28 bits per heavy atom. The van der Waals surface area contributed by atoms with Crippen LogP contribution < -0.4 is 20.6 Å². The first-order valence-corrected chi connectivity index (χ1v) is 7.64. The van der Waals surface area contributed by atoms with Gasteiger partial charge in [-0.05, 0) is 6.07 Å². The van der Waals surface area contributed by atoms with E-state index >= 15 is 0 Å². The molecule has 0 spiro atoms. The van der Waals surface area contributed by atoms with Crippen LogP contribution >= 0.6 is 0 Å². The number of anilines is 1. The van der Waals surface area contributed by atoms with Crippen LogP contribution in [0.5, 0.6) is 6.01 Å². The van der Waals surface area contributed by atoms with E-state index in [4.69, 9.17) is 9.47 Å². The number of aromatic nitrogens is 3. The van der Waals surface area contributed by atoms with E-state index in [1.807, 2.05) is 4.90 Å². The Labute approximate surface area is 142 Å². The highest BCUT2D eigenvalue weighted by molar-refractivity contribution is 5.93. The normalized spacial score (nSPS) is 14.2. The van der Waals surface area contributed by atoms with E-state index in [1.54, 1.807) is 0 Å². The number of morpholine rings is 1. The second-order valence-electron chi connectivity index (χ2n) is 5.16. The second kappa shape index (κ2) is 7.71. The zero-order valence-electron chi connectivity index (χ0n) is 13.6. The lowest BCUT2D eigenvalue weighted by Gasteiger charge is -2.26. The molecular weight excluding hydrogens is 330 g/mol. The van der Waals surface area contributed by atoms with Crippen LogP contribution in [0.1, 0.15) is 16.2 Å². The molecule has 3 heterocycles. The number of rotatable bonds is 5. The molecule has 0 atom stereocenters. The standard InChI is InChI=1S/C15H17N5O5/c1-23-15-18-11(17-14(19-15)20-4-6-24-7-5-20)8-16-13(22)10-2-3-12(21)25-9-10/h2-3,9H,4-8H2,1H3,(H,16,22). The Balaban J connectivity index is 1.71. The maximum absolute atomic E-state index is 12.1. The molecule has 1 aliphatic heterocycles. The smallest absolute Gasteiger partial charge is 0.335 e. The first-order chi connectivity index (χ1) is 12.2. The highest BCUT2D eigenvalue weighted by Crippen LogP contribution is 2.13. The quantitative estimate of drug-likeness (QED) is 0.770. The van der Waals surface area contributed by atoms with Gasteiger partial charge in [0, 0.05) is 19.2 Å². The Kier molecular flexibility index (Phi) is 5.19. The van der Waals surface area contributed by atoms with Crippen LogP contribution in [-0.2, 0) is 11.3 Å². The Morgan fingerprint density at radius 3 is 2.76 bits per heavy atom. The van der Waals surface area contributed by atoms with Crippen molar-refractivity contribution in [2.45, 2.75) is 6.54 Å². The van der Waals surface area contributed by atoms with Crippen molar-refractivity contribution in [2.24, 2.45) is 0 Å². The SMILES string of the molecule is COc1nc(CNC(=O)c2ccc(=O)oc2)nc(N2CCOCC2)n1. The van der Waals surface area contributed by atoms with E-state index in [2.05, 4.69) is 24.7 Å². The average molecular weight is 347 g/mol. The number of hydrogen-bond donors (Lipinski definition) is 1. The molecule has 10 nitrogen and oxygen atoms in total. The fourth-order valence-corrected chi connectivity index (χ4v) is 2.21. The minimum absolute atomic E-state index is 0.0776. The molecule has 10 heteroatoms. The fraction of sp³-hybridized carbons (Fsp3) is 0.400. The van der Waals surface area contributed by atoms with E-state index in [0.29, 0.717) is 38.1 Å². The topological polar surface area (TPSA) is 120 Å². The van der Waals surface area contributed by atoms with Gasteiger partial charge >= 0.3 is 11.6 Å². The van der Waals surface area contributed by atoms with Crippen molar-refractivity contribution in [3.8, 4) is 6.01 Å². The minimum atomic E-state index is -0.520. The number of amides is 1. The fourth-order valence-electron chi connectivity index (χ4n) is 2.21. The van der Waals surface area contributed by atoms with Crippen LogP contribution in [0.4, 0.5) is 5.95 Å². The number of carbonyl (C=O) groups is 1. The van der Waals surface area contributed by atoms with Crippen LogP contribution in [0.2, 0.25) is 0 Å². The average Bonchev–Trinajstić information content (AvgIpc) is 2.67. The lowest BCUT2D eigenvalue weighted by molar-refractivity contribution is 0.0947. The molecule has 1 saturated heterocycles. The molecule has 25 heavy (non-hydrogen) atoms. The van der Waals surface area contributed by atoms with Gasteiger partial charge in [-0.3, -0.25) is 4.79 Å². The third-order valence-electron chi connectivity index (χ3n) is 3.50. The summed E-state index contributed by atoms with van der Waals surface area (Å²) in [6.07, 6.45) is 1.10. The number of ether oxygens (including phenoxy) is 2. The maximum Gasteiger partial charge on any atom is 0.335 e. The zero-order chi connectivity index (χ0) is 17.6. The van der Waals surface area contributed by atoms with Crippen molar-refractivity contribution in [1.82, 2.24) is 20.3 Å². The van der Waals surface area contributed by atoms with Gasteiger partial charge in [0.2, 0.25) is 5.95 Å². The maximum atomic E-state index is 12.1. The van der Waals surface area contributed by atoms with Crippen LogP contribution in [0.3, 0.4) is 0 Å². The molecule has 0 aliphatic carbocycles. The number of nitrogens with zero attached hydrogens (tertiary/aromatic N) is 4. The van der Waals surface area contributed by atoms with Crippen molar-refractivity contribution in [2.75, 3.05) is 38.3 Å². The molecule has 0 aromatic carbocycles. The van der Waals surface area contributed by atoms with Gasteiger partial charge in [0.25, 0.3) is 5.91 Å². The van der Waals surface area contributed by atoms with Crippen molar-refractivity contribution >= 4 is 11.9 Å². The molecule has 132 valence electrons. The van der Waals surface area contributed by atoms with E-state index in [-0.39, 0.29) is 18.1 Å². The van der Waals surface area contributed by atoms with E-state index in [0.717, 1.165) is 6.26 Å². The van der Waals surface area contributed by atoms with Gasteiger partial charge < -0.3 is 24.1 Å². The van der Waals surface area contributed by atoms with E-state index in [1.165, 1.54) is 19.2 Å². The summed E-state index contributed by atoms with van der Waals surface area (Å²) in [6.45, 7) is 2.61. The molecule has 0 saturated carbocycles. The monoisotopic (exact) mass is 347 g/mol. The number of methoxy groups -OCH3 is 1. The lowest BCUT2D eigenvalue weighted by atomic mass is 10.3. The summed E-state index contributed by atoms with van der Waals surface area (Å²) >= 11 is 0. The molecule has 3 rings (SSSR count). The van der Waals surface area contributed by atoms with Crippen LogP contribution in [0.15, 0.2) is 27.6 Å². The molecule has 1 N–H and O–H groups in total. The molecular formula is C15H17N5O5. The van der Waals surface area contributed by atoms with Gasteiger partial charge in [-0.1, -0.05) is 0 Å². The molecule has 1 fully saturated rings. The predicted molar refractivity (Wildman–Crippen MR) is 85.6 cm³/mol. The third-order valence-corrected chi connectivity index (χ3v) is 3.50. The molecule has 1 amide bonds. The van der Waals surface area contributed by atoms with Crippen LogP contribution in [-0.4, -0.2) is 54.3 Å². The van der Waals surface area contributed by atoms with Gasteiger partial charge in [0.05, 0.1) is 32.4 Å². The number of hydrogen-bond acceptors (Lipinski definition) is 9. The number of carbonyl (C=O) groups excluding carboxylic acids is 1. The molecule has 0 radical (unpaired) electrons. The van der Waals surface area contributed by atoms with Crippen molar-refractivity contribution in [3.05, 3.63) is 40.2 Å². The largest absolute Gasteiger partial charge is 0.467 e. The summed E-state index contributed by atoms with van der Waals surface area (Å²) in [4.78, 5) is 37.7. The van der Waals surface area contributed by atoms with Crippen molar-refractivity contribution < 1.29 is 18.7 Å². The highest BCUT2D eigenvalue weighted by atomic mass is 16.5. The summed E-state index contributed by atoms with van der Waals surface area (Å²) in [5.41, 5.74) is -0.289. The van der Waals surface area contributed by atoms with Crippen molar-refractivity contribution in [1.29, 1.82) is 0 Å². The zero-order valence-corrected chi connectivity index (χ0v) is 13.6. The Bertz CT molecular complexity index is 783. The Hall–Kier alpha value is -3.01. The summed E-state index contributed by atoms with van der Waals surface area (Å²) in [6, 6.07) is 2.73. The van der Waals surface area contributed by atoms with Gasteiger partial charge in [0.1, 0.15) is 6.26 Å². The molecule has 0 bridgehead atoms. The van der Waals surface area contributed by atoms with Crippen molar-refractivity contribution in [3.63, 3.8) is 0 Å². The van der Waals surface area contributed by atoms with Gasteiger partial charge in [-0.15, -0.1) is 0 Å². The van der Waals surface area contributed by atoms with E-state index < -0.39 is 11.5 Å². The molecule has 1 aliphatic rings. The van der Waals surface area contributed by atoms with Gasteiger partial charge in [0.15, 0.2) is 5.82 Å². The molecule has 0 unspecified atom stereocenters. The van der Waals surface area contributed by atoms with Gasteiger partial charge in [-0.2, -0.15) is 15.0 Å². The predicted octanol–water partition coefficient (Wildman–Crippen LogP) is -0.400. The van der Waals surface area contributed by atoms with Crippen LogP contribution in [0.25, 0.3) is 0 Å². The van der Waals surface area contributed by atoms with Crippen LogP contribution in [0, 0.1) is 0 Å². The first-order valence-electron chi connectivity index (χ1n) is 7.64. The Morgan fingerprint density at radius 2 is 2.08 bits per heavy atom. The van der Waals surface area contributed by atoms with Gasteiger partial charge in [-0.25, -0.2) is 4.79 Å². The first kappa shape index (κ1) is 16.8. The van der Waals surface area contributed by atoms with E-state index in [9.17, 15) is 9.59 Å². The summed E-state index contributed by atoms with van der Waals surface area (Å²) in [5, 5.41) is 2.66. The summed E-state index contributed by atoms with van der Waals surface area (Å²) in [5.74, 6) is 0.431. The molecule has 2 aromatic heterocycles.